The van der Waals surface area contributed by atoms with Crippen molar-refractivity contribution in [1.82, 2.24) is 15.2 Å². The maximum Gasteiger partial charge on any atom is 0.270 e. The van der Waals surface area contributed by atoms with Gasteiger partial charge in [-0.05, 0) is 55.3 Å². The van der Waals surface area contributed by atoms with Gasteiger partial charge in [-0.25, -0.2) is 0 Å². The van der Waals surface area contributed by atoms with Crippen LogP contribution >= 0.6 is 11.6 Å². The Morgan fingerprint density at radius 2 is 1.94 bits per heavy atom. The molecule has 3 aromatic rings. The smallest absolute Gasteiger partial charge is 0.270 e. The molecule has 1 atom stereocenters. The summed E-state index contributed by atoms with van der Waals surface area (Å²) in [6, 6.07) is 12.1. The van der Waals surface area contributed by atoms with Crippen LogP contribution in [0.2, 0.25) is 5.02 Å². The van der Waals surface area contributed by atoms with Crippen molar-refractivity contribution in [3.8, 4) is 0 Å². The largest absolute Gasteiger partial charge is 0.361 e. The number of carbonyl (C=O) groups excluding carboxylic acids is 1. The molecule has 1 fully saturated rings. The summed E-state index contributed by atoms with van der Waals surface area (Å²) >= 11 is 6.06. The van der Waals surface area contributed by atoms with E-state index in [4.69, 9.17) is 11.6 Å². The number of hydrogen-bond acceptors (Lipinski definition) is 4. The first-order valence-corrected chi connectivity index (χ1v) is 10.9. The molecule has 0 bridgehead atoms. The van der Waals surface area contributed by atoms with Crippen LogP contribution in [0.25, 0.3) is 10.9 Å². The lowest BCUT2D eigenvalue weighted by atomic mass is 9.88. The average Bonchev–Trinajstić information content (AvgIpc) is 3.42. The molecule has 0 spiro atoms. The number of non-ortho nitro benzene ring substituents is 1. The average molecular weight is 441 g/mol. The molecule has 1 aromatic heterocycles. The normalized spacial score (nSPS) is 15.3. The van der Waals surface area contributed by atoms with Gasteiger partial charge in [0, 0.05) is 59.7 Å². The van der Waals surface area contributed by atoms with Gasteiger partial charge in [0.1, 0.15) is 0 Å². The SMILES string of the molecule is O=C(C[C@@H](c1ccc(Cl)cc1)c1c[nH]c2ccc([N+](=O)[O-])cc12)NCCN1CCCC1. The van der Waals surface area contributed by atoms with E-state index in [9.17, 15) is 14.9 Å². The van der Waals surface area contributed by atoms with E-state index < -0.39 is 4.92 Å². The Hall–Kier alpha value is -2.90. The van der Waals surface area contributed by atoms with Gasteiger partial charge in [-0.1, -0.05) is 23.7 Å². The van der Waals surface area contributed by atoms with Crippen LogP contribution in [0.15, 0.2) is 48.7 Å². The molecule has 1 aliphatic rings. The Labute approximate surface area is 185 Å². The molecule has 162 valence electrons. The minimum absolute atomic E-state index is 0.0262. The molecule has 0 unspecified atom stereocenters. The highest BCUT2D eigenvalue weighted by molar-refractivity contribution is 6.30. The number of nitrogens with zero attached hydrogens (tertiary/aromatic N) is 2. The molecular weight excluding hydrogens is 416 g/mol. The van der Waals surface area contributed by atoms with Crippen LogP contribution in [0.4, 0.5) is 5.69 Å². The zero-order valence-electron chi connectivity index (χ0n) is 17.1. The fourth-order valence-corrected chi connectivity index (χ4v) is 4.38. The molecule has 2 aromatic carbocycles. The van der Waals surface area contributed by atoms with Crippen LogP contribution in [0.3, 0.4) is 0 Å². The van der Waals surface area contributed by atoms with Crippen molar-refractivity contribution in [3.63, 3.8) is 0 Å². The third-order valence-electron chi connectivity index (χ3n) is 5.89. The summed E-state index contributed by atoms with van der Waals surface area (Å²) in [5.74, 6) is -0.293. The van der Waals surface area contributed by atoms with Crippen LogP contribution in [0, 0.1) is 10.1 Å². The number of carbonyl (C=O) groups is 1. The molecule has 8 heteroatoms. The molecular formula is C23H25ClN4O3. The van der Waals surface area contributed by atoms with E-state index >= 15 is 0 Å². The van der Waals surface area contributed by atoms with Crippen molar-refractivity contribution in [2.24, 2.45) is 0 Å². The molecule has 1 amide bonds. The van der Waals surface area contributed by atoms with E-state index in [1.165, 1.54) is 18.9 Å². The summed E-state index contributed by atoms with van der Waals surface area (Å²) in [4.78, 5) is 29.2. The summed E-state index contributed by atoms with van der Waals surface area (Å²) in [5, 5.41) is 15.7. The first-order chi connectivity index (χ1) is 15.0. The molecule has 0 aliphatic carbocycles. The van der Waals surface area contributed by atoms with Crippen molar-refractivity contribution >= 4 is 34.1 Å². The lowest BCUT2D eigenvalue weighted by Gasteiger charge is -2.19. The highest BCUT2D eigenvalue weighted by Gasteiger charge is 2.23. The van der Waals surface area contributed by atoms with Gasteiger partial charge in [-0.2, -0.15) is 0 Å². The molecule has 1 saturated heterocycles. The van der Waals surface area contributed by atoms with Gasteiger partial charge in [0.15, 0.2) is 0 Å². The van der Waals surface area contributed by atoms with E-state index in [0.717, 1.165) is 41.7 Å². The van der Waals surface area contributed by atoms with E-state index in [2.05, 4.69) is 15.2 Å². The number of aromatic amines is 1. The molecule has 1 aliphatic heterocycles. The van der Waals surface area contributed by atoms with Gasteiger partial charge in [0.2, 0.25) is 5.91 Å². The first kappa shape index (κ1) is 21.3. The van der Waals surface area contributed by atoms with Crippen LogP contribution in [-0.4, -0.2) is 46.9 Å². The maximum atomic E-state index is 12.8. The number of halogens is 1. The van der Waals surface area contributed by atoms with E-state index in [1.807, 2.05) is 18.3 Å². The van der Waals surface area contributed by atoms with Gasteiger partial charge in [-0.15, -0.1) is 0 Å². The van der Waals surface area contributed by atoms with Gasteiger partial charge in [0.25, 0.3) is 5.69 Å². The van der Waals surface area contributed by atoms with Crippen LogP contribution < -0.4 is 5.32 Å². The Morgan fingerprint density at radius 1 is 1.19 bits per heavy atom. The topological polar surface area (TPSA) is 91.3 Å². The first-order valence-electron chi connectivity index (χ1n) is 10.5. The van der Waals surface area contributed by atoms with Gasteiger partial charge >= 0.3 is 0 Å². The minimum Gasteiger partial charge on any atom is -0.361 e. The van der Waals surface area contributed by atoms with Crippen molar-refractivity contribution in [1.29, 1.82) is 0 Å². The number of H-pyrrole nitrogens is 1. The predicted molar refractivity (Wildman–Crippen MR) is 122 cm³/mol. The fraction of sp³-hybridized carbons (Fsp3) is 0.348. The zero-order chi connectivity index (χ0) is 21.8. The number of hydrogen-bond donors (Lipinski definition) is 2. The van der Waals surface area contributed by atoms with Crippen LogP contribution in [0.5, 0.6) is 0 Å². The van der Waals surface area contributed by atoms with E-state index in [-0.39, 0.29) is 23.9 Å². The second-order valence-electron chi connectivity index (χ2n) is 7.94. The zero-order valence-corrected chi connectivity index (χ0v) is 17.9. The number of nitro benzene ring substituents is 1. The Morgan fingerprint density at radius 3 is 2.65 bits per heavy atom. The highest BCUT2D eigenvalue weighted by Crippen LogP contribution is 2.35. The summed E-state index contributed by atoms with van der Waals surface area (Å²) < 4.78 is 0. The monoisotopic (exact) mass is 440 g/mol. The molecule has 0 saturated carbocycles. The van der Waals surface area contributed by atoms with Crippen LogP contribution in [-0.2, 0) is 4.79 Å². The predicted octanol–water partition coefficient (Wildman–Crippen LogP) is 4.46. The number of benzene rings is 2. The Kier molecular flexibility index (Phi) is 6.53. The molecule has 7 nitrogen and oxygen atoms in total. The summed E-state index contributed by atoms with van der Waals surface area (Å²) in [6.07, 6.45) is 4.53. The van der Waals surface area contributed by atoms with Crippen molar-refractivity contribution in [2.45, 2.75) is 25.2 Å². The van der Waals surface area contributed by atoms with Crippen molar-refractivity contribution in [2.75, 3.05) is 26.2 Å². The number of nitro groups is 1. The molecule has 0 radical (unpaired) electrons. The summed E-state index contributed by atoms with van der Waals surface area (Å²) in [6.45, 7) is 3.66. The lowest BCUT2D eigenvalue weighted by Crippen LogP contribution is -2.34. The van der Waals surface area contributed by atoms with Crippen molar-refractivity contribution in [3.05, 3.63) is 74.9 Å². The molecule has 2 N–H and O–H groups in total. The molecule has 4 rings (SSSR count). The second kappa shape index (κ2) is 9.49. The van der Waals surface area contributed by atoms with Gasteiger partial charge in [-0.3, -0.25) is 14.9 Å². The highest BCUT2D eigenvalue weighted by atomic mass is 35.5. The number of aromatic nitrogens is 1. The van der Waals surface area contributed by atoms with Crippen molar-refractivity contribution < 1.29 is 9.72 Å². The Bertz CT molecular complexity index is 1070. The summed E-state index contributed by atoms with van der Waals surface area (Å²) in [5.41, 5.74) is 2.62. The molecule has 31 heavy (non-hydrogen) atoms. The number of rotatable bonds is 8. The second-order valence-corrected chi connectivity index (χ2v) is 8.37. The lowest BCUT2D eigenvalue weighted by molar-refractivity contribution is -0.384. The fourth-order valence-electron chi connectivity index (χ4n) is 4.25. The van der Waals surface area contributed by atoms with E-state index in [0.29, 0.717) is 11.6 Å². The van der Waals surface area contributed by atoms with Gasteiger partial charge < -0.3 is 15.2 Å². The Balaban J connectivity index is 1.58. The van der Waals surface area contributed by atoms with Crippen LogP contribution in [0.1, 0.15) is 36.3 Å². The summed E-state index contributed by atoms with van der Waals surface area (Å²) in [7, 11) is 0. The number of likely N-dealkylation sites (tertiary alicyclic amines) is 1. The maximum absolute atomic E-state index is 12.8. The third-order valence-corrected chi connectivity index (χ3v) is 6.15. The third kappa shape index (κ3) is 5.06. The minimum atomic E-state index is -0.404. The quantitative estimate of drug-likeness (QED) is 0.399. The number of nitrogens with one attached hydrogen (secondary N) is 2. The number of amides is 1. The van der Waals surface area contributed by atoms with Gasteiger partial charge in [0.05, 0.1) is 4.92 Å². The van der Waals surface area contributed by atoms with E-state index in [1.54, 1.807) is 24.3 Å². The molecule has 2 heterocycles. The standard InChI is InChI=1S/C23H25ClN4O3/c24-17-5-3-16(4-6-17)19(14-23(29)25-9-12-27-10-1-2-11-27)21-15-26-22-8-7-18(28(30)31)13-20(21)22/h3-8,13,15,19,26H,1-2,9-12,14H2,(H,25,29)/t19-/m0/s1. The number of fused-ring (bicyclic) bond motifs is 1.